The van der Waals surface area contributed by atoms with Gasteiger partial charge in [-0.15, -0.1) is 0 Å². The second-order valence-corrected chi connectivity index (χ2v) is 6.57. The molecular weight excluding hydrogens is 358 g/mol. The predicted octanol–water partition coefficient (Wildman–Crippen LogP) is 3.83. The van der Waals surface area contributed by atoms with Gasteiger partial charge in [0.25, 0.3) is 5.91 Å². The molecule has 2 heterocycles. The molecular formula is C21H23N3O4. The number of hydrogen-bond acceptors (Lipinski definition) is 5. The fraction of sp³-hybridized carbons (Fsp3) is 0.333. The molecule has 0 aliphatic carbocycles. The zero-order valence-corrected chi connectivity index (χ0v) is 15.7. The van der Waals surface area contributed by atoms with Crippen molar-refractivity contribution < 1.29 is 19.0 Å². The molecule has 1 aliphatic rings. The third-order valence-corrected chi connectivity index (χ3v) is 4.53. The van der Waals surface area contributed by atoms with Crippen LogP contribution in [0.25, 0.3) is 11.0 Å². The fourth-order valence-electron chi connectivity index (χ4n) is 3.24. The third kappa shape index (κ3) is 4.09. The van der Waals surface area contributed by atoms with Crippen LogP contribution in [0.15, 0.2) is 42.5 Å². The van der Waals surface area contributed by atoms with Gasteiger partial charge in [0, 0.05) is 12.3 Å². The number of carbonyl (C=O) groups excluding carboxylic acids is 1. The van der Waals surface area contributed by atoms with Gasteiger partial charge in [0.2, 0.25) is 0 Å². The molecule has 0 radical (unpaired) electrons. The summed E-state index contributed by atoms with van der Waals surface area (Å²) in [6.07, 6.45) is 2.06. The smallest absolute Gasteiger partial charge is 0.262 e. The van der Waals surface area contributed by atoms with Crippen molar-refractivity contribution in [2.75, 3.05) is 25.1 Å². The van der Waals surface area contributed by atoms with E-state index in [4.69, 9.17) is 14.2 Å². The Morgan fingerprint density at radius 2 is 2.07 bits per heavy atom. The molecule has 1 unspecified atom stereocenters. The average Bonchev–Trinajstić information content (AvgIpc) is 3.37. The summed E-state index contributed by atoms with van der Waals surface area (Å²) in [4.78, 5) is 20.2. The molecule has 1 saturated heterocycles. The van der Waals surface area contributed by atoms with E-state index in [-0.39, 0.29) is 18.6 Å². The molecule has 28 heavy (non-hydrogen) atoms. The molecule has 1 aromatic heterocycles. The Labute approximate surface area is 163 Å². The number of aromatic nitrogens is 2. The summed E-state index contributed by atoms with van der Waals surface area (Å²) in [5.41, 5.74) is 2.40. The second kappa shape index (κ2) is 8.31. The molecule has 2 aromatic carbocycles. The molecule has 1 atom stereocenters. The highest BCUT2D eigenvalue weighted by atomic mass is 16.5. The Morgan fingerprint density at radius 3 is 2.82 bits per heavy atom. The molecule has 146 valence electrons. The van der Waals surface area contributed by atoms with Crippen molar-refractivity contribution in [1.29, 1.82) is 0 Å². The lowest BCUT2D eigenvalue weighted by molar-refractivity contribution is -0.118. The van der Waals surface area contributed by atoms with Crippen LogP contribution in [0.3, 0.4) is 0 Å². The van der Waals surface area contributed by atoms with Gasteiger partial charge in [-0.25, -0.2) is 4.98 Å². The van der Waals surface area contributed by atoms with Crippen LogP contribution >= 0.6 is 0 Å². The van der Waals surface area contributed by atoms with Crippen molar-refractivity contribution in [2.24, 2.45) is 0 Å². The number of aromatic amines is 1. The lowest BCUT2D eigenvalue weighted by Crippen LogP contribution is -2.20. The number of imidazole rings is 1. The second-order valence-electron chi connectivity index (χ2n) is 6.57. The number of H-pyrrole nitrogens is 1. The molecule has 2 N–H and O–H groups in total. The normalized spacial score (nSPS) is 16.2. The Kier molecular flexibility index (Phi) is 5.43. The average molecular weight is 381 g/mol. The van der Waals surface area contributed by atoms with Gasteiger partial charge in [-0.05, 0) is 50.1 Å². The number of nitrogens with zero attached hydrogens (tertiary/aromatic N) is 1. The third-order valence-electron chi connectivity index (χ3n) is 4.53. The van der Waals surface area contributed by atoms with Crippen LogP contribution < -0.4 is 14.8 Å². The van der Waals surface area contributed by atoms with Gasteiger partial charge in [0.05, 0.1) is 17.6 Å². The van der Waals surface area contributed by atoms with Gasteiger partial charge in [-0.3, -0.25) is 4.79 Å². The molecule has 1 amide bonds. The summed E-state index contributed by atoms with van der Waals surface area (Å²) in [5.74, 6) is 1.76. The van der Waals surface area contributed by atoms with Gasteiger partial charge in [-0.2, -0.15) is 0 Å². The lowest BCUT2D eigenvalue weighted by atomic mass is 10.2. The van der Waals surface area contributed by atoms with Crippen molar-refractivity contribution in [3.8, 4) is 11.5 Å². The van der Waals surface area contributed by atoms with Crippen molar-refractivity contribution in [2.45, 2.75) is 25.9 Å². The molecule has 4 rings (SSSR count). The number of para-hydroxylation sites is 2. The van der Waals surface area contributed by atoms with Crippen molar-refractivity contribution in [1.82, 2.24) is 9.97 Å². The van der Waals surface area contributed by atoms with E-state index in [0.29, 0.717) is 23.8 Å². The Morgan fingerprint density at radius 1 is 1.25 bits per heavy atom. The number of ether oxygens (including phenoxy) is 3. The van der Waals surface area contributed by atoms with Crippen LogP contribution in [-0.2, 0) is 9.53 Å². The summed E-state index contributed by atoms with van der Waals surface area (Å²) in [6.45, 7) is 3.10. The first-order chi connectivity index (χ1) is 13.7. The van der Waals surface area contributed by atoms with Crippen molar-refractivity contribution in [3.63, 3.8) is 0 Å². The highest BCUT2D eigenvalue weighted by Gasteiger charge is 2.21. The molecule has 0 saturated carbocycles. The fourth-order valence-corrected chi connectivity index (χ4v) is 3.24. The zero-order chi connectivity index (χ0) is 19.3. The van der Waals surface area contributed by atoms with Gasteiger partial charge < -0.3 is 24.5 Å². The SMILES string of the molecule is CCOc1ccccc1OCC(=O)Nc1ccc2nc(C3CCCO3)[nH]c2c1. The Bertz CT molecular complexity index is 963. The van der Waals surface area contributed by atoms with E-state index in [1.807, 2.05) is 43.3 Å². The van der Waals surface area contributed by atoms with Crippen LogP contribution in [0, 0.1) is 0 Å². The maximum atomic E-state index is 12.3. The quantitative estimate of drug-likeness (QED) is 0.650. The standard InChI is InChI=1S/C21H23N3O4/c1-2-26-17-6-3-4-7-18(17)28-13-20(25)22-14-9-10-15-16(12-14)24-21(23-15)19-8-5-11-27-19/h3-4,6-7,9-10,12,19H,2,5,8,11,13H2,1H3,(H,22,25)(H,23,24). The minimum atomic E-state index is -0.246. The first-order valence-electron chi connectivity index (χ1n) is 9.48. The largest absolute Gasteiger partial charge is 0.490 e. The van der Waals surface area contributed by atoms with E-state index in [2.05, 4.69) is 15.3 Å². The summed E-state index contributed by atoms with van der Waals surface area (Å²) in [7, 11) is 0. The van der Waals surface area contributed by atoms with E-state index in [1.54, 1.807) is 6.07 Å². The van der Waals surface area contributed by atoms with Gasteiger partial charge in [0.15, 0.2) is 18.1 Å². The van der Waals surface area contributed by atoms with Crippen molar-refractivity contribution >= 4 is 22.6 Å². The Hall–Kier alpha value is -3.06. The van der Waals surface area contributed by atoms with Crippen LogP contribution in [0.4, 0.5) is 5.69 Å². The van der Waals surface area contributed by atoms with E-state index in [0.717, 1.165) is 36.3 Å². The summed E-state index contributed by atoms with van der Waals surface area (Å²) < 4.78 is 16.8. The first kappa shape index (κ1) is 18.3. The molecule has 0 bridgehead atoms. The summed E-state index contributed by atoms with van der Waals surface area (Å²) >= 11 is 0. The van der Waals surface area contributed by atoms with E-state index >= 15 is 0 Å². The van der Waals surface area contributed by atoms with Crippen LogP contribution in [0.1, 0.15) is 31.7 Å². The lowest BCUT2D eigenvalue weighted by Gasteiger charge is -2.11. The predicted molar refractivity (Wildman–Crippen MR) is 106 cm³/mol. The molecule has 7 nitrogen and oxygen atoms in total. The topological polar surface area (TPSA) is 85.5 Å². The van der Waals surface area contributed by atoms with Gasteiger partial charge in [-0.1, -0.05) is 12.1 Å². The molecule has 1 fully saturated rings. The molecule has 3 aromatic rings. The minimum Gasteiger partial charge on any atom is -0.490 e. The molecule has 1 aliphatic heterocycles. The number of carbonyl (C=O) groups is 1. The van der Waals surface area contributed by atoms with Gasteiger partial charge in [0.1, 0.15) is 11.9 Å². The zero-order valence-electron chi connectivity index (χ0n) is 15.7. The number of rotatable bonds is 7. The number of benzene rings is 2. The number of anilines is 1. The highest BCUT2D eigenvalue weighted by Crippen LogP contribution is 2.29. The first-order valence-corrected chi connectivity index (χ1v) is 9.48. The maximum absolute atomic E-state index is 12.3. The van der Waals surface area contributed by atoms with E-state index in [1.165, 1.54) is 0 Å². The van der Waals surface area contributed by atoms with Gasteiger partial charge >= 0.3 is 0 Å². The Balaban J connectivity index is 1.39. The monoisotopic (exact) mass is 381 g/mol. The van der Waals surface area contributed by atoms with E-state index < -0.39 is 0 Å². The molecule has 0 spiro atoms. The minimum absolute atomic E-state index is 0.0317. The summed E-state index contributed by atoms with van der Waals surface area (Å²) in [5, 5.41) is 2.85. The van der Waals surface area contributed by atoms with Crippen LogP contribution in [0.5, 0.6) is 11.5 Å². The number of nitrogens with one attached hydrogen (secondary N) is 2. The highest BCUT2D eigenvalue weighted by molar-refractivity contribution is 5.94. The van der Waals surface area contributed by atoms with Crippen molar-refractivity contribution in [3.05, 3.63) is 48.3 Å². The number of amides is 1. The molecule has 7 heteroatoms. The maximum Gasteiger partial charge on any atom is 0.262 e. The number of fused-ring (bicyclic) bond motifs is 1. The number of hydrogen-bond donors (Lipinski definition) is 2. The van der Waals surface area contributed by atoms with Crippen LogP contribution in [0.2, 0.25) is 0 Å². The van der Waals surface area contributed by atoms with E-state index in [9.17, 15) is 4.79 Å². The summed E-state index contributed by atoms with van der Waals surface area (Å²) in [6, 6.07) is 12.9. The van der Waals surface area contributed by atoms with Crippen LogP contribution in [-0.4, -0.2) is 35.7 Å².